The van der Waals surface area contributed by atoms with Gasteiger partial charge >= 0.3 is 0 Å². The maximum atomic E-state index is 12.8. The van der Waals surface area contributed by atoms with Crippen LogP contribution in [-0.4, -0.2) is 17.6 Å². The Bertz CT molecular complexity index is 1010. The number of ether oxygens (including phenoxy) is 1. The lowest BCUT2D eigenvalue weighted by Gasteiger charge is -2.13. The zero-order valence-corrected chi connectivity index (χ0v) is 14.6. The van der Waals surface area contributed by atoms with Gasteiger partial charge in [0.05, 0.1) is 18.3 Å². The molecule has 0 aliphatic rings. The molecule has 0 aliphatic carbocycles. The number of aromatic nitrogens is 1. The molecule has 1 amide bonds. The first-order valence-corrected chi connectivity index (χ1v) is 8.20. The number of halogens is 1. The van der Waals surface area contributed by atoms with Crippen molar-refractivity contribution in [3.63, 3.8) is 0 Å². The van der Waals surface area contributed by atoms with Gasteiger partial charge in [0.15, 0.2) is 0 Å². The number of aryl methyl sites for hydroxylation is 1. The van der Waals surface area contributed by atoms with E-state index in [0.717, 1.165) is 5.52 Å². The number of fused-ring (bicyclic) bond motifs is 1. The van der Waals surface area contributed by atoms with Gasteiger partial charge in [-0.3, -0.25) is 9.59 Å². The monoisotopic (exact) mass is 356 g/mol. The second kappa shape index (κ2) is 6.99. The summed E-state index contributed by atoms with van der Waals surface area (Å²) in [5.74, 6) is 0.0362. The predicted octanol–water partition coefficient (Wildman–Crippen LogP) is 3.94. The summed E-state index contributed by atoms with van der Waals surface area (Å²) < 4.78 is 7.08. The molecule has 0 fully saturated rings. The Hall–Kier alpha value is -2.79. The number of para-hydroxylation sites is 2. The number of nitrogens with one attached hydrogen (secondary N) is 1. The molecule has 0 saturated heterocycles. The van der Waals surface area contributed by atoms with Crippen molar-refractivity contribution in [2.24, 2.45) is 0 Å². The van der Waals surface area contributed by atoms with Gasteiger partial charge in [-0.25, -0.2) is 0 Å². The average Bonchev–Trinajstić information content (AvgIpc) is 2.62. The molecule has 1 N–H and O–H groups in total. The molecule has 1 heterocycles. The van der Waals surface area contributed by atoms with Gasteiger partial charge in [-0.05, 0) is 37.3 Å². The van der Waals surface area contributed by atoms with E-state index in [1.54, 1.807) is 48.7 Å². The van der Waals surface area contributed by atoms with Crippen molar-refractivity contribution < 1.29 is 9.53 Å². The van der Waals surface area contributed by atoms with Crippen LogP contribution in [0.2, 0.25) is 5.02 Å². The van der Waals surface area contributed by atoms with Crippen molar-refractivity contribution >= 4 is 34.1 Å². The molecule has 0 atom stereocenters. The van der Waals surface area contributed by atoms with E-state index >= 15 is 0 Å². The third kappa shape index (κ3) is 3.23. The molecule has 1 aromatic heterocycles. The van der Waals surface area contributed by atoms with Crippen LogP contribution in [0.25, 0.3) is 10.9 Å². The Labute approximate surface area is 149 Å². The van der Waals surface area contributed by atoms with E-state index in [-0.39, 0.29) is 11.0 Å². The highest BCUT2D eigenvalue weighted by Gasteiger charge is 2.17. The van der Waals surface area contributed by atoms with Gasteiger partial charge in [-0.15, -0.1) is 0 Å². The lowest BCUT2D eigenvalue weighted by molar-refractivity contribution is 0.102. The van der Waals surface area contributed by atoms with E-state index in [4.69, 9.17) is 16.3 Å². The molecule has 128 valence electrons. The SMILES string of the molecule is CCn1cc(C(=O)Nc2ccccc2OC)c(=O)c2cc(Cl)ccc21. The molecule has 25 heavy (non-hydrogen) atoms. The zero-order valence-electron chi connectivity index (χ0n) is 13.9. The Morgan fingerprint density at radius 1 is 1.24 bits per heavy atom. The van der Waals surface area contributed by atoms with Crippen molar-refractivity contribution in [1.29, 1.82) is 0 Å². The summed E-state index contributed by atoms with van der Waals surface area (Å²) in [7, 11) is 1.52. The van der Waals surface area contributed by atoms with E-state index in [0.29, 0.717) is 28.4 Å². The van der Waals surface area contributed by atoms with E-state index < -0.39 is 5.91 Å². The average molecular weight is 357 g/mol. The van der Waals surface area contributed by atoms with Gasteiger partial charge in [-0.2, -0.15) is 0 Å². The van der Waals surface area contributed by atoms with Gasteiger partial charge in [0.2, 0.25) is 5.43 Å². The van der Waals surface area contributed by atoms with Crippen molar-refractivity contribution in [2.75, 3.05) is 12.4 Å². The number of methoxy groups -OCH3 is 1. The summed E-state index contributed by atoms with van der Waals surface area (Å²) >= 11 is 6.02. The summed E-state index contributed by atoms with van der Waals surface area (Å²) in [6, 6.07) is 12.1. The van der Waals surface area contributed by atoms with E-state index in [1.165, 1.54) is 7.11 Å². The summed E-state index contributed by atoms with van der Waals surface area (Å²) in [5.41, 5.74) is 0.950. The standard InChI is InChI=1S/C19H17ClN2O3/c1-3-22-11-14(18(23)13-10-12(20)8-9-16(13)22)19(24)21-15-6-4-5-7-17(15)25-2/h4-11H,3H2,1-2H3,(H,21,24). The molecule has 3 aromatic rings. The smallest absolute Gasteiger partial charge is 0.261 e. The molecule has 0 aliphatic heterocycles. The minimum Gasteiger partial charge on any atom is -0.495 e. The van der Waals surface area contributed by atoms with Crippen molar-refractivity contribution in [3.05, 3.63) is 69.5 Å². The Kier molecular flexibility index (Phi) is 4.76. The fraction of sp³-hybridized carbons (Fsp3) is 0.158. The summed E-state index contributed by atoms with van der Waals surface area (Å²) in [5, 5.41) is 3.61. The minimum absolute atomic E-state index is 0.0579. The van der Waals surface area contributed by atoms with Crippen LogP contribution in [0.1, 0.15) is 17.3 Å². The molecule has 0 saturated carbocycles. The minimum atomic E-state index is -0.487. The highest BCUT2D eigenvalue weighted by molar-refractivity contribution is 6.31. The second-order valence-corrected chi connectivity index (χ2v) is 5.91. The van der Waals surface area contributed by atoms with Crippen LogP contribution in [0.15, 0.2) is 53.5 Å². The molecule has 2 aromatic carbocycles. The van der Waals surface area contributed by atoms with E-state index in [1.807, 2.05) is 11.5 Å². The third-order valence-corrected chi connectivity index (χ3v) is 4.22. The van der Waals surface area contributed by atoms with Crippen molar-refractivity contribution in [3.8, 4) is 5.75 Å². The Balaban J connectivity index is 2.10. The van der Waals surface area contributed by atoms with Crippen molar-refractivity contribution in [1.82, 2.24) is 4.57 Å². The summed E-state index contributed by atoms with van der Waals surface area (Å²) in [6.07, 6.45) is 1.57. The van der Waals surface area contributed by atoms with E-state index in [2.05, 4.69) is 5.32 Å². The number of hydrogen-bond acceptors (Lipinski definition) is 3. The number of nitrogens with zero attached hydrogens (tertiary/aromatic N) is 1. The highest BCUT2D eigenvalue weighted by Crippen LogP contribution is 2.24. The maximum absolute atomic E-state index is 12.8. The summed E-state index contributed by atoms with van der Waals surface area (Å²) in [6.45, 7) is 2.56. The van der Waals surface area contributed by atoms with Gasteiger partial charge in [0, 0.05) is 23.2 Å². The molecule has 0 unspecified atom stereocenters. The molecule has 6 heteroatoms. The van der Waals surface area contributed by atoms with Crippen LogP contribution in [0.5, 0.6) is 5.75 Å². The number of amides is 1. The number of rotatable bonds is 4. The van der Waals surface area contributed by atoms with Crippen LogP contribution in [0.3, 0.4) is 0 Å². The molecular weight excluding hydrogens is 340 g/mol. The van der Waals surface area contributed by atoms with Crippen LogP contribution >= 0.6 is 11.6 Å². The lowest BCUT2D eigenvalue weighted by Crippen LogP contribution is -2.24. The predicted molar refractivity (Wildman–Crippen MR) is 99.8 cm³/mol. The molecular formula is C19H17ClN2O3. The normalized spacial score (nSPS) is 10.7. The number of hydrogen-bond donors (Lipinski definition) is 1. The van der Waals surface area contributed by atoms with Gasteiger partial charge in [0.1, 0.15) is 11.3 Å². The number of anilines is 1. The molecule has 3 rings (SSSR count). The number of pyridine rings is 1. The largest absolute Gasteiger partial charge is 0.495 e. The first-order chi connectivity index (χ1) is 12.0. The number of benzene rings is 2. The fourth-order valence-electron chi connectivity index (χ4n) is 2.73. The second-order valence-electron chi connectivity index (χ2n) is 5.47. The van der Waals surface area contributed by atoms with Crippen LogP contribution < -0.4 is 15.5 Å². The first-order valence-electron chi connectivity index (χ1n) is 7.82. The fourth-order valence-corrected chi connectivity index (χ4v) is 2.90. The molecule has 0 bridgehead atoms. The van der Waals surface area contributed by atoms with Crippen molar-refractivity contribution in [2.45, 2.75) is 13.5 Å². The number of carbonyl (C=O) groups is 1. The number of carbonyl (C=O) groups excluding carboxylic acids is 1. The topological polar surface area (TPSA) is 60.3 Å². The van der Waals surface area contributed by atoms with Gasteiger partial charge in [-0.1, -0.05) is 23.7 Å². The molecule has 0 spiro atoms. The Morgan fingerprint density at radius 2 is 2.00 bits per heavy atom. The summed E-state index contributed by atoms with van der Waals surface area (Å²) in [4.78, 5) is 25.5. The Morgan fingerprint density at radius 3 is 2.72 bits per heavy atom. The lowest BCUT2D eigenvalue weighted by atomic mass is 10.1. The quantitative estimate of drug-likeness (QED) is 0.770. The van der Waals surface area contributed by atoms with Crippen LogP contribution in [-0.2, 0) is 6.54 Å². The third-order valence-electron chi connectivity index (χ3n) is 3.98. The van der Waals surface area contributed by atoms with Gasteiger partial charge in [0.25, 0.3) is 5.91 Å². The van der Waals surface area contributed by atoms with Crippen LogP contribution in [0, 0.1) is 0 Å². The molecule has 0 radical (unpaired) electrons. The maximum Gasteiger partial charge on any atom is 0.261 e. The molecule has 5 nitrogen and oxygen atoms in total. The van der Waals surface area contributed by atoms with Crippen LogP contribution in [0.4, 0.5) is 5.69 Å². The zero-order chi connectivity index (χ0) is 18.0. The highest BCUT2D eigenvalue weighted by atomic mass is 35.5. The first kappa shape index (κ1) is 17.0. The van der Waals surface area contributed by atoms with Gasteiger partial charge < -0.3 is 14.6 Å². The van der Waals surface area contributed by atoms with E-state index in [9.17, 15) is 9.59 Å².